The molecule has 1 aliphatic carbocycles. The molecule has 0 bridgehead atoms. The van der Waals surface area contributed by atoms with Crippen LogP contribution < -0.4 is 11.1 Å². The van der Waals surface area contributed by atoms with Gasteiger partial charge in [0.15, 0.2) is 0 Å². The molecule has 1 amide bonds. The number of nitrogens with zero attached hydrogens (tertiary/aromatic N) is 2. The quantitative estimate of drug-likeness (QED) is 0.866. The summed E-state index contributed by atoms with van der Waals surface area (Å²) in [4.78, 5) is 12.0. The van der Waals surface area contributed by atoms with E-state index in [-0.39, 0.29) is 12.5 Å². The zero-order valence-electron chi connectivity index (χ0n) is 12.2. The van der Waals surface area contributed by atoms with E-state index in [1.807, 2.05) is 0 Å². The van der Waals surface area contributed by atoms with Crippen LogP contribution in [0.1, 0.15) is 37.8 Å². The molecule has 0 radical (unpaired) electrons. The van der Waals surface area contributed by atoms with Crippen LogP contribution in [0.25, 0.3) is 0 Å². The molecule has 2 rings (SSSR count). The minimum Gasteiger partial charge on any atom is -0.346 e. The maximum Gasteiger partial charge on any atom is 0.365 e. The molecule has 0 spiro atoms. The summed E-state index contributed by atoms with van der Waals surface area (Å²) in [7, 11) is 1.39. The first-order valence-corrected chi connectivity index (χ1v) is 7.34. The van der Waals surface area contributed by atoms with Crippen molar-refractivity contribution in [3.8, 4) is 0 Å². The van der Waals surface area contributed by atoms with E-state index in [1.54, 1.807) is 0 Å². The SMILES string of the molecule is Cn1nccc1C(F)(F)C(=O)NC(CN)C1CCCCC1. The number of amides is 1. The first-order valence-electron chi connectivity index (χ1n) is 7.34. The third-order valence-electron chi connectivity index (χ3n) is 4.22. The van der Waals surface area contributed by atoms with E-state index >= 15 is 0 Å². The Morgan fingerprint density at radius 3 is 2.71 bits per heavy atom. The minimum absolute atomic E-state index is 0.178. The summed E-state index contributed by atoms with van der Waals surface area (Å²) in [6.45, 7) is 0.178. The van der Waals surface area contributed by atoms with Gasteiger partial charge in [-0.15, -0.1) is 0 Å². The summed E-state index contributed by atoms with van der Waals surface area (Å²) in [5.41, 5.74) is 5.25. The van der Waals surface area contributed by atoms with Crippen molar-refractivity contribution in [3.05, 3.63) is 18.0 Å². The molecular formula is C14H22F2N4O. The summed E-state index contributed by atoms with van der Waals surface area (Å²) in [5, 5.41) is 6.12. The number of rotatable bonds is 5. The number of halogens is 2. The van der Waals surface area contributed by atoms with Crippen LogP contribution in [0.4, 0.5) is 8.78 Å². The molecule has 3 N–H and O–H groups in total. The Morgan fingerprint density at radius 1 is 1.52 bits per heavy atom. The van der Waals surface area contributed by atoms with E-state index < -0.39 is 23.6 Å². The van der Waals surface area contributed by atoms with Crippen LogP contribution in [0.15, 0.2) is 12.3 Å². The van der Waals surface area contributed by atoms with E-state index in [0.29, 0.717) is 0 Å². The van der Waals surface area contributed by atoms with Crippen LogP contribution in [0.3, 0.4) is 0 Å². The topological polar surface area (TPSA) is 72.9 Å². The lowest BCUT2D eigenvalue weighted by Gasteiger charge is -2.31. The smallest absolute Gasteiger partial charge is 0.346 e. The molecule has 1 aliphatic rings. The molecule has 0 saturated heterocycles. The molecule has 5 nitrogen and oxygen atoms in total. The number of aromatic nitrogens is 2. The number of nitrogens with one attached hydrogen (secondary N) is 1. The molecule has 1 heterocycles. The monoisotopic (exact) mass is 300 g/mol. The second kappa shape index (κ2) is 6.51. The fourth-order valence-corrected chi connectivity index (χ4v) is 2.96. The van der Waals surface area contributed by atoms with Crippen molar-refractivity contribution >= 4 is 5.91 Å². The maximum absolute atomic E-state index is 14.2. The predicted molar refractivity (Wildman–Crippen MR) is 74.7 cm³/mol. The number of hydrogen-bond acceptors (Lipinski definition) is 3. The number of carbonyl (C=O) groups excluding carboxylic acids is 1. The summed E-state index contributed by atoms with van der Waals surface area (Å²) < 4.78 is 29.4. The normalized spacial score (nSPS) is 18.5. The van der Waals surface area contributed by atoms with Crippen molar-refractivity contribution in [2.75, 3.05) is 6.54 Å². The average molecular weight is 300 g/mol. The first kappa shape index (κ1) is 15.9. The van der Waals surface area contributed by atoms with Crippen LogP contribution in [0, 0.1) is 5.92 Å². The molecule has 1 aromatic heterocycles. The molecule has 21 heavy (non-hydrogen) atoms. The Balaban J connectivity index is 2.06. The Labute approximate surface area is 122 Å². The lowest BCUT2D eigenvalue weighted by molar-refractivity contribution is -0.149. The van der Waals surface area contributed by atoms with Gasteiger partial charge in [0.25, 0.3) is 5.91 Å². The number of nitrogens with two attached hydrogens (primary N) is 1. The molecule has 1 aromatic rings. The van der Waals surface area contributed by atoms with Gasteiger partial charge in [-0.1, -0.05) is 19.3 Å². The molecule has 1 unspecified atom stereocenters. The molecule has 0 aromatic carbocycles. The highest BCUT2D eigenvalue weighted by Gasteiger charge is 2.44. The van der Waals surface area contributed by atoms with Gasteiger partial charge < -0.3 is 11.1 Å². The number of alkyl halides is 2. The maximum atomic E-state index is 14.2. The largest absolute Gasteiger partial charge is 0.365 e. The van der Waals surface area contributed by atoms with Crippen LogP contribution in [0.2, 0.25) is 0 Å². The molecule has 7 heteroatoms. The highest BCUT2D eigenvalue weighted by molar-refractivity contribution is 5.84. The first-order chi connectivity index (χ1) is 9.96. The average Bonchev–Trinajstić information content (AvgIpc) is 2.92. The molecule has 1 atom stereocenters. The number of aryl methyl sites for hydroxylation is 1. The highest BCUT2D eigenvalue weighted by atomic mass is 19.3. The Kier molecular flexibility index (Phi) is 4.92. The third kappa shape index (κ3) is 3.40. The fraction of sp³-hybridized carbons (Fsp3) is 0.714. The summed E-state index contributed by atoms with van der Waals surface area (Å²) in [6, 6.07) is 0.759. The van der Waals surface area contributed by atoms with Crippen LogP contribution in [-0.2, 0) is 17.8 Å². The van der Waals surface area contributed by atoms with Gasteiger partial charge in [-0.2, -0.15) is 13.9 Å². The lowest BCUT2D eigenvalue weighted by atomic mass is 9.84. The summed E-state index contributed by atoms with van der Waals surface area (Å²) >= 11 is 0. The van der Waals surface area contributed by atoms with Crippen molar-refractivity contribution in [2.45, 2.75) is 44.1 Å². The lowest BCUT2D eigenvalue weighted by Crippen LogP contribution is -2.50. The molecular weight excluding hydrogens is 278 g/mol. The van der Waals surface area contributed by atoms with Crippen LogP contribution in [-0.4, -0.2) is 28.3 Å². The van der Waals surface area contributed by atoms with E-state index in [2.05, 4.69) is 10.4 Å². The number of hydrogen-bond donors (Lipinski definition) is 2. The van der Waals surface area contributed by atoms with Gasteiger partial charge in [0, 0.05) is 25.8 Å². The van der Waals surface area contributed by atoms with Crippen molar-refractivity contribution in [1.82, 2.24) is 15.1 Å². The van der Waals surface area contributed by atoms with Crippen molar-refractivity contribution in [2.24, 2.45) is 18.7 Å². The zero-order chi connectivity index (χ0) is 15.5. The fourth-order valence-electron chi connectivity index (χ4n) is 2.96. The van der Waals surface area contributed by atoms with Gasteiger partial charge in [0.1, 0.15) is 5.69 Å². The Hall–Kier alpha value is -1.50. The standard InChI is InChI=1S/C14H22F2N4O/c1-20-12(7-8-18-20)14(15,16)13(21)19-11(9-17)10-5-3-2-4-6-10/h7-8,10-11H,2-6,9,17H2,1H3,(H,19,21). The van der Waals surface area contributed by atoms with Gasteiger partial charge in [-0.25, -0.2) is 0 Å². The van der Waals surface area contributed by atoms with Gasteiger partial charge in [-0.05, 0) is 24.8 Å². The molecule has 1 fully saturated rings. The summed E-state index contributed by atoms with van der Waals surface area (Å²) in [6.07, 6.45) is 6.40. The van der Waals surface area contributed by atoms with Gasteiger partial charge in [0.2, 0.25) is 0 Å². The van der Waals surface area contributed by atoms with E-state index in [0.717, 1.165) is 42.9 Å². The van der Waals surface area contributed by atoms with Gasteiger partial charge in [0.05, 0.1) is 0 Å². The minimum atomic E-state index is -3.60. The van der Waals surface area contributed by atoms with Gasteiger partial charge >= 0.3 is 5.92 Å². The zero-order valence-corrected chi connectivity index (χ0v) is 12.2. The van der Waals surface area contributed by atoms with Crippen LogP contribution in [0.5, 0.6) is 0 Å². The van der Waals surface area contributed by atoms with Crippen LogP contribution >= 0.6 is 0 Å². The van der Waals surface area contributed by atoms with Gasteiger partial charge in [-0.3, -0.25) is 9.48 Å². The molecule has 1 saturated carbocycles. The summed E-state index contributed by atoms with van der Waals surface area (Å²) in [5.74, 6) is -4.71. The van der Waals surface area contributed by atoms with Crippen molar-refractivity contribution in [3.63, 3.8) is 0 Å². The van der Waals surface area contributed by atoms with Crippen molar-refractivity contribution in [1.29, 1.82) is 0 Å². The Bertz CT molecular complexity index is 483. The predicted octanol–water partition coefficient (Wildman–Crippen LogP) is 1.54. The van der Waals surface area contributed by atoms with E-state index in [4.69, 9.17) is 5.73 Å². The number of carbonyl (C=O) groups is 1. The molecule has 0 aliphatic heterocycles. The third-order valence-corrected chi connectivity index (χ3v) is 4.22. The molecule has 118 valence electrons. The Morgan fingerprint density at radius 2 is 2.19 bits per heavy atom. The van der Waals surface area contributed by atoms with E-state index in [9.17, 15) is 13.6 Å². The second-order valence-electron chi connectivity index (χ2n) is 5.63. The highest BCUT2D eigenvalue weighted by Crippen LogP contribution is 2.30. The van der Waals surface area contributed by atoms with Crippen molar-refractivity contribution < 1.29 is 13.6 Å². The van der Waals surface area contributed by atoms with E-state index in [1.165, 1.54) is 13.2 Å². The second-order valence-corrected chi connectivity index (χ2v) is 5.63.